The monoisotopic (exact) mass is 391 g/mol. The molecule has 0 spiro atoms. The van der Waals surface area contributed by atoms with Gasteiger partial charge < -0.3 is 9.88 Å². The number of rotatable bonds is 8. The van der Waals surface area contributed by atoms with Crippen molar-refractivity contribution >= 4 is 29.3 Å². The van der Waals surface area contributed by atoms with Crippen LogP contribution >= 0.6 is 0 Å². The van der Waals surface area contributed by atoms with Crippen LogP contribution in [-0.4, -0.2) is 27.8 Å². The van der Waals surface area contributed by atoms with Crippen LogP contribution in [0.5, 0.6) is 0 Å². The summed E-state index contributed by atoms with van der Waals surface area (Å²) in [5.41, 5.74) is 8.49. The van der Waals surface area contributed by atoms with Gasteiger partial charge in [0.1, 0.15) is 5.69 Å². The normalized spacial score (nSPS) is 11.4. The van der Waals surface area contributed by atoms with E-state index in [-0.39, 0.29) is 0 Å². The summed E-state index contributed by atoms with van der Waals surface area (Å²) in [5, 5.41) is 3.29. The molecule has 3 aromatic heterocycles. The van der Waals surface area contributed by atoms with Crippen LogP contribution in [0.15, 0.2) is 23.3 Å². The summed E-state index contributed by atoms with van der Waals surface area (Å²) < 4.78 is 2.40. The molecule has 5 heteroatoms. The van der Waals surface area contributed by atoms with Crippen LogP contribution in [0.2, 0.25) is 0 Å². The Bertz CT molecular complexity index is 1030. The molecule has 0 aliphatic rings. The maximum absolute atomic E-state index is 5.13. The van der Waals surface area contributed by atoms with Crippen molar-refractivity contribution in [2.45, 2.75) is 66.8 Å². The zero-order chi connectivity index (χ0) is 21.1. The fourth-order valence-electron chi connectivity index (χ4n) is 4.12. The van der Waals surface area contributed by atoms with Gasteiger partial charge in [0.2, 0.25) is 0 Å². The van der Waals surface area contributed by atoms with Gasteiger partial charge >= 0.3 is 0 Å². The largest absolute Gasteiger partial charge is 0.369 e. The number of hydrogen-bond acceptors (Lipinski definition) is 4. The first-order valence-corrected chi connectivity index (χ1v) is 10.7. The summed E-state index contributed by atoms with van der Waals surface area (Å²) in [5.74, 6) is 0.790. The molecular formula is C24H33N5. The molecule has 0 unspecified atom stereocenters. The minimum Gasteiger partial charge on any atom is -0.369 e. The Labute approximate surface area is 174 Å². The van der Waals surface area contributed by atoms with Gasteiger partial charge in [-0.15, -0.1) is 0 Å². The van der Waals surface area contributed by atoms with Crippen molar-refractivity contribution in [3.8, 4) is 11.3 Å². The van der Waals surface area contributed by atoms with Crippen LogP contribution < -0.4 is 5.32 Å². The summed E-state index contributed by atoms with van der Waals surface area (Å²) >= 11 is 0. The van der Waals surface area contributed by atoms with Crippen molar-refractivity contribution < 1.29 is 0 Å². The zero-order valence-corrected chi connectivity index (χ0v) is 18.6. The fourth-order valence-corrected chi connectivity index (χ4v) is 4.12. The summed E-state index contributed by atoms with van der Waals surface area (Å²) in [6.07, 6.45) is 5.32. The highest BCUT2D eigenvalue weighted by Crippen LogP contribution is 2.35. The average Bonchev–Trinajstić information content (AvgIpc) is 3.03. The Morgan fingerprint density at radius 3 is 2.38 bits per heavy atom. The molecule has 29 heavy (non-hydrogen) atoms. The van der Waals surface area contributed by atoms with Gasteiger partial charge in [0.25, 0.3) is 0 Å². The van der Waals surface area contributed by atoms with E-state index in [4.69, 9.17) is 9.97 Å². The van der Waals surface area contributed by atoms with Crippen molar-refractivity contribution in [1.29, 1.82) is 0 Å². The smallest absolute Gasteiger partial charge is 0.152 e. The standard InChI is InChI=1S/C24H33N5/c1-8-17(9-2)29-14-16(6)23-21(29)12-15(5)22(28-23)18-13-20(25-7)24(26-11-4)27-19(18)10-3/h12-14,17H,7-11H2,1-6H3,(H,26,27). The highest BCUT2D eigenvalue weighted by molar-refractivity contribution is 5.85. The average molecular weight is 392 g/mol. The van der Waals surface area contributed by atoms with E-state index < -0.39 is 0 Å². The van der Waals surface area contributed by atoms with Gasteiger partial charge in [-0.2, -0.15) is 0 Å². The number of aryl methyl sites for hydroxylation is 3. The van der Waals surface area contributed by atoms with Crippen LogP contribution in [0.25, 0.3) is 22.3 Å². The van der Waals surface area contributed by atoms with Gasteiger partial charge in [-0.05, 0) is 70.0 Å². The molecule has 0 saturated heterocycles. The molecule has 0 aliphatic carbocycles. The Kier molecular flexibility index (Phi) is 6.36. The van der Waals surface area contributed by atoms with Crippen molar-refractivity contribution in [2.24, 2.45) is 4.99 Å². The number of hydrogen-bond donors (Lipinski definition) is 1. The van der Waals surface area contributed by atoms with Crippen LogP contribution in [0.1, 0.15) is 63.4 Å². The molecule has 5 nitrogen and oxygen atoms in total. The van der Waals surface area contributed by atoms with Crippen LogP contribution in [0.3, 0.4) is 0 Å². The third kappa shape index (κ3) is 3.78. The number of aromatic nitrogens is 3. The maximum atomic E-state index is 5.13. The second-order valence-corrected chi connectivity index (χ2v) is 7.60. The Morgan fingerprint density at radius 1 is 1.07 bits per heavy atom. The second kappa shape index (κ2) is 8.76. The zero-order valence-electron chi connectivity index (χ0n) is 18.6. The lowest BCUT2D eigenvalue weighted by Crippen LogP contribution is -2.06. The third-order valence-electron chi connectivity index (χ3n) is 5.70. The SMILES string of the molecule is C=Nc1cc(-c2nc3c(C)cn(C(CC)CC)c3cc2C)c(CC)nc1NCC. The number of fused-ring (bicyclic) bond motifs is 1. The molecule has 154 valence electrons. The maximum Gasteiger partial charge on any atom is 0.152 e. The molecule has 3 aromatic rings. The summed E-state index contributed by atoms with van der Waals surface area (Å²) in [7, 11) is 0. The van der Waals surface area contributed by atoms with E-state index in [1.54, 1.807) is 0 Å². The molecule has 1 N–H and O–H groups in total. The number of aliphatic imine (C=N–C) groups is 1. The highest BCUT2D eigenvalue weighted by Gasteiger charge is 2.19. The Hall–Kier alpha value is -2.69. The van der Waals surface area contributed by atoms with Crippen LogP contribution in [0.4, 0.5) is 11.5 Å². The predicted molar refractivity (Wildman–Crippen MR) is 125 cm³/mol. The molecule has 0 atom stereocenters. The van der Waals surface area contributed by atoms with E-state index in [9.17, 15) is 0 Å². The lowest BCUT2D eigenvalue weighted by atomic mass is 10.0. The van der Waals surface area contributed by atoms with E-state index >= 15 is 0 Å². The molecule has 0 bridgehead atoms. The summed E-state index contributed by atoms with van der Waals surface area (Å²) in [6, 6.07) is 4.86. The Balaban J connectivity index is 2.24. The Morgan fingerprint density at radius 2 is 1.79 bits per heavy atom. The molecule has 0 fully saturated rings. The number of nitrogens with one attached hydrogen (secondary N) is 1. The molecule has 0 amide bonds. The number of pyridine rings is 2. The summed E-state index contributed by atoms with van der Waals surface area (Å²) in [4.78, 5) is 14.2. The molecule has 3 heterocycles. The van der Waals surface area contributed by atoms with E-state index in [0.29, 0.717) is 6.04 Å². The van der Waals surface area contributed by atoms with E-state index in [2.05, 4.69) is 81.5 Å². The minimum absolute atomic E-state index is 0.502. The van der Waals surface area contributed by atoms with Crippen molar-refractivity contribution in [2.75, 3.05) is 11.9 Å². The van der Waals surface area contributed by atoms with Crippen molar-refractivity contribution in [1.82, 2.24) is 14.5 Å². The lowest BCUT2D eigenvalue weighted by Gasteiger charge is -2.17. The van der Waals surface area contributed by atoms with Gasteiger partial charge in [-0.1, -0.05) is 20.8 Å². The van der Waals surface area contributed by atoms with Gasteiger partial charge in [-0.25, -0.2) is 9.97 Å². The first-order valence-electron chi connectivity index (χ1n) is 10.7. The minimum atomic E-state index is 0.502. The number of anilines is 1. The molecule has 0 aliphatic heterocycles. The van der Waals surface area contributed by atoms with Gasteiger partial charge in [0.05, 0.1) is 22.4 Å². The van der Waals surface area contributed by atoms with Crippen LogP contribution in [0, 0.1) is 13.8 Å². The molecular weight excluding hydrogens is 358 g/mol. The quantitative estimate of drug-likeness (QED) is 0.452. The van der Waals surface area contributed by atoms with E-state index in [1.165, 1.54) is 11.1 Å². The fraction of sp³-hybridized carbons (Fsp3) is 0.458. The van der Waals surface area contributed by atoms with E-state index in [1.807, 2.05) is 0 Å². The topological polar surface area (TPSA) is 55.1 Å². The van der Waals surface area contributed by atoms with Gasteiger partial charge in [0, 0.05) is 24.3 Å². The predicted octanol–water partition coefficient (Wildman–Crippen LogP) is 6.40. The highest BCUT2D eigenvalue weighted by atomic mass is 15.0. The molecule has 0 radical (unpaired) electrons. The first-order chi connectivity index (χ1) is 14.0. The molecule has 3 rings (SSSR count). The molecule has 0 saturated carbocycles. The second-order valence-electron chi connectivity index (χ2n) is 7.60. The number of nitrogens with zero attached hydrogens (tertiary/aromatic N) is 4. The summed E-state index contributed by atoms with van der Waals surface area (Å²) in [6.45, 7) is 17.5. The van der Waals surface area contributed by atoms with Crippen molar-refractivity contribution in [3.05, 3.63) is 35.2 Å². The van der Waals surface area contributed by atoms with Crippen molar-refractivity contribution in [3.63, 3.8) is 0 Å². The van der Waals surface area contributed by atoms with Crippen LogP contribution in [-0.2, 0) is 6.42 Å². The first kappa shape index (κ1) is 21.0. The van der Waals surface area contributed by atoms with Gasteiger partial charge in [0.15, 0.2) is 5.82 Å². The lowest BCUT2D eigenvalue weighted by molar-refractivity contribution is 0.485. The third-order valence-corrected chi connectivity index (χ3v) is 5.70. The molecule has 0 aromatic carbocycles. The van der Waals surface area contributed by atoms with E-state index in [0.717, 1.165) is 65.3 Å². The van der Waals surface area contributed by atoms with Gasteiger partial charge in [-0.3, -0.25) is 4.99 Å².